The van der Waals surface area contributed by atoms with E-state index in [1.165, 1.54) is 38.0 Å². The van der Waals surface area contributed by atoms with E-state index in [9.17, 15) is 0 Å². The van der Waals surface area contributed by atoms with Crippen LogP contribution in [0.4, 0.5) is 5.69 Å². The van der Waals surface area contributed by atoms with E-state index in [4.69, 9.17) is 0 Å². The Morgan fingerprint density at radius 3 is 3.11 bits per heavy atom. The fourth-order valence-corrected chi connectivity index (χ4v) is 2.85. The van der Waals surface area contributed by atoms with Crippen molar-refractivity contribution >= 4 is 16.7 Å². The predicted octanol–water partition coefficient (Wildman–Crippen LogP) is 2.77. The Morgan fingerprint density at radius 2 is 2.21 bits per heavy atom. The molecule has 0 radical (unpaired) electrons. The fraction of sp³-hybridized carbons (Fsp3) is 0.533. The lowest BCUT2D eigenvalue weighted by molar-refractivity contribution is 0.348. The van der Waals surface area contributed by atoms with Crippen molar-refractivity contribution in [2.75, 3.05) is 25.5 Å². The smallest absolute Gasteiger partial charge is 0.104 e. The second kappa shape index (κ2) is 5.21. The number of likely N-dealkylation sites (tertiary alicyclic amines) is 1. The number of aromatic nitrogens is 2. The van der Waals surface area contributed by atoms with Crippen LogP contribution in [-0.2, 0) is 0 Å². The van der Waals surface area contributed by atoms with Crippen molar-refractivity contribution in [1.29, 1.82) is 0 Å². The minimum absolute atomic E-state index is 0.589. The molecule has 102 valence electrons. The summed E-state index contributed by atoms with van der Waals surface area (Å²) in [5.74, 6) is 0.975. The van der Waals surface area contributed by atoms with Crippen molar-refractivity contribution in [3.63, 3.8) is 0 Å². The summed E-state index contributed by atoms with van der Waals surface area (Å²) in [6, 6.07) is 6.98. The molecule has 1 aliphatic rings. The maximum atomic E-state index is 4.44. The van der Waals surface area contributed by atoms with Crippen molar-refractivity contribution in [2.24, 2.45) is 0 Å². The maximum absolute atomic E-state index is 4.44. The van der Waals surface area contributed by atoms with E-state index in [0.717, 1.165) is 16.9 Å². The van der Waals surface area contributed by atoms with E-state index < -0.39 is 0 Å². The minimum atomic E-state index is 0.589. The summed E-state index contributed by atoms with van der Waals surface area (Å²) in [6.07, 6.45) is 3.75. The zero-order valence-electron chi connectivity index (χ0n) is 11.7. The Bertz CT molecular complexity index is 560. The molecular formula is C15H22N4. The molecular weight excluding hydrogens is 236 g/mol. The van der Waals surface area contributed by atoms with E-state index >= 15 is 0 Å². The zero-order chi connectivity index (χ0) is 13.2. The van der Waals surface area contributed by atoms with Gasteiger partial charge in [0.1, 0.15) is 5.82 Å². The number of fused-ring (bicyclic) bond motifs is 1. The van der Waals surface area contributed by atoms with E-state index in [0.29, 0.717) is 6.04 Å². The standard InChI is InChI=1S/C15H22N4/c1-11-16-14-6-5-13(10-15(14)17-11)18-12-4-3-8-19(2)9-7-12/h5-6,10,12,18H,3-4,7-9H2,1-2H3,(H,16,17). The molecule has 0 spiro atoms. The third-order valence-corrected chi connectivity index (χ3v) is 3.92. The number of aryl methyl sites for hydroxylation is 1. The molecule has 0 amide bonds. The SMILES string of the molecule is Cc1nc2ccc(NC3CCCN(C)CC3)cc2[nH]1. The van der Waals surface area contributed by atoms with Gasteiger partial charge in [-0.2, -0.15) is 0 Å². The third-order valence-electron chi connectivity index (χ3n) is 3.92. The number of nitrogens with zero attached hydrogens (tertiary/aromatic N) is 2. The van der Waals surface area contributed by atoms with Crippen LogP contribution in [0.1, 0.15) is 25.1 Å². The molecule has 1 aliphatic heterocycles. The first-order chi connectivity index (χ1) is 9.20. The highest BCUT2D eigenvalue weighted by molar-refractivity contribution is 5.79. The van der Waals surface area contributed by atoms with Crippen LogP contribution in [0.5, 0.6) is 0 Å². The molecule has 0 bridgehead atoms. The average Bonchev–Trinajstić information content (AvgIpc) is 2.62. The van der Waals surface area contributed by atoms with Gasteiger partial charge in [0, 0.05) is 11.7 Å². The lowest BCUT2D eigenvalue weighted by Crippen LogP contribution is -2.22. The Morgan fingerprint density at radius 1 is 1.32 bits per heavy atom. The molecule has 2 heterocycles. The summed E-state index contributed by atoms with van der Waals surface area (Å²) >= 11 is 0. The van der Waals surface area contributed by atoms with E-state index in [2.05, 4.69) is 45.4 Å². The summed E-state index contributed by atoms with van der Waals surface area (Å²) in [6.45, 7) is 4.40. The first-order valence-corrected chi connectivity index (χ1v) is 7.12. The molecule has 1 aromatic heterocycles. The lowest BCUT2D eigenvalue weighted by Gasteiger charge is -2.18. The predicted molar refractivity (Wildman–Crippen MR) is 79.6 cm³/mol. The van der Waals surface area contributed by atoms with E-state index in [1.807, 2.05) is 6.92 Å². The van der Waals surface area contributed by atoms with Crippen LogP contribution in [0.2, 0.25) is 0 Å². The Hall–Kier alpha value is -1.55. The number of H-pyrrole nitrogens is 1. The molecule has 2 aromatic rings. The normalized spacial score (nSPS) is 21.5. The number of hydrogen-bond donors (Lipinski definition) is 2. The van der Waals surface area contributed by atoms with Crippen LogP contribution < -0.4 is 5.32 Å². The van der Waals surface area contributed by atoms with Gasteiger partial charge >= 0.3 is 0 Å². The molecule has 1 fully saturated rings. The van der Waals surface area contributed by atoms with Gasteiger partial charge in [-0.1, -0.05) is 0 Å². The second-order valence-corrected chi connectivity index (χ2v) is 5.63. The minimum Gasteiger partial charge on any atom is -0.382 e. The van der Waals surface area contributed by atoms with Gasteiger partial charge in [-0.25, -0.2) is 4.98 Å². The van der Waals surface area contributed by atoms with Gasteiger partial charge in [-0.3, -0.25) is 0 Å². The van der Waals surface area contributed by atoms with Gasteiger partial charge in [0.2, 0.25) is 0 Å². The molecule has 1 unspecified atom stereocenters. The van der Waals surface area contributed by atoms with Crippen LogP contribution in [0, 0.1) is 6.92 Å². The highest BCUT2D eigenvalue weighted by Crippen LogP contribution is 2.20. The summed E-state index contributed by atoms with van der Waals surface area (Å²) in [4.78, 5) is 10.2. The number of nitrogens with one attached hydrogen (secondary N) is 2. The zero-order valence-corrected chi connectivity index (χ0v) is 11.7. The first kappa shape index (κ1) is 12.5. The summed E-state index contributed by atoms with van der Waals surface area (Å²) in [7, 11) is 2.21. The van der Waals surface area contributed by atoms with Gasteiger partial charge in [-0.15, -0.1) is 0 Å². The molecule has 2 N–H and O–H groups in total. The van der Waals surface area contributed by atoms with Crippen LogP contribution in [0.15, 0.2) is 18.2 Å². The molecule has 4 nitrogen and oxygen atoms in total. The second-order valence-electron chi connectivity index (χ2n) is 5.63. The maximum Gasteiger partial charge on any atom is 0.104 e. The number of rotatable bonds is 2. The van der Waals surface area contributed by atoms with Crippen molar-refractivity contribution in [2.45, 2.75) is 32.2 Å². The monoisotopic (exact) mass is 258 g/mol. The summed E-state index contributed by atoms with van der Waals surface area (Å²) in [5, 5.41) is 3.67. The number of hydrogen-bond acceptors (Lipinski definition) is 3. The Kier molecular flexibility index (Phi) is 3.42. The quantitative estimate of drug-likeness (QED) is 0.870. The fourth-order valence-electron chi connectivity index (χ4n) is 2.85. The van der Waals surface area contributed by atoms with Crippen LogP contribution in [-0.4, -0.2) is 41.0 Å². The molecule has 1 saturated heterocycles. The summed E-state index contributed by atoms with van der Waals surface area (Å²) < 4.78 is 0. The number of aromatic amines is 1. The van der Waals surface area contributed by atoms with Gasteiger partial charge in [0.15, 0.2) is 0 Å². The lowest BCUT2D eigenvalue weighted by atomic mass is 10.1. The van der Waals surface area contributed by atoms with Gasteiger partial charge in [0.05, 0.1) is 11.0 Å². The molecule has 0 aliphatic carbocycles. The first-order valence-electron chi connectivity index (χ1n) is 7.12. The van der Waals surface area contributed by atoms with Crippen molar-refractivity contribution in [1.82, 2.24) is 14.9 Å². The van der Waals surface area contributed by atoms with Crippen molar-refractivity contribution in [3.05, 3.63) is 24.0 Å². The van der Waals surface area contributed by atoms with E-state index in [1.54, 1.807) is 0 Å². The van der Waals surface area contributed by atoms with Crippen molar-refractivity contribution < 1.29 is 0 Å². The Balaban J connectivity index is 1.73. The van der Waals surface area contributed by atoms with Crippen LogP contribution in [0.3, 0.4) is 0 Å². The largest absolute Gasteiger partial charge is 0.382 e. The van der Waals surface area contributed by atoms with Crippen LogP contribution >= 0.6 is 0 Å². The molecule has 3 rings (SSSR count). The van der Waals surface area contributed by atoms with Gasteiger partial charge in [-0.05, 0) is 64.5 Å². The topological polar surface area (TPSA) is 44.0 Å². The third kappa shape index (κ3) is 2.89. The number of anilines is 1. The van der Waals surface area contributed by atoms with Crippen LogP contribution in [0.25, 0.3) is 11.0 Å². The summed E-state index contributed by atoms with van der Waals surface area (Å²) in [5.41, 5.74) is 3.36. The molecule has 19 heavy (non-hydrogen) atoms. The molecule has 4 heteroatoms. The molecule has 1 aromatic carbocycles. The Labute approximate surface area is 114 Å². The highest BCUT2D eigenvalue weighted by atomic mass is 15.1. The number of imidazole rings is 1. The van der Waals surface area contributed by atoms with E-state index in [-0.39, 0.29) is 0 Å². The molecule has 1 atom stereocenters. The highest BCUT2D eigenvalue weighted by Gasteiger charge is 2.14. The van der Waals surface area contributed by atoms with Gasteiger partial charge < -0.3 is 15.2 Å². The average molecular weight is 258 g/mol. The van der Waals surface area contributed by atoms with Gasteiger partial charge in [0.25, 0.3) is 0 Å². The number of benzene rings is 1. The van der Waals surface area contributed by atoms with Crippen molar-refractivity contribution in [3.8, 4) is 0 Å². The molecule has 0 saturated carbocycles.